The van der Waals surface area contributed by atoms with Crippen molar-refractivity contribution in [3.63, 3.8) is 0 Å². The Morgan fingerprint density at radius 1 is 0.778 bits per heavy atom. The van der Waals surface area contributed by atoms with Crippen LogP contribution in [0.25, 0.3) is 33.0 Å². The lowest BCUT2D eigenvalue weighted by Crippen LogP contribution is -2.04. The Morgan fingerprint density at radius 2 is 1.59 bits per heavy atom. The Bertz CT molecular complexity index is 1130. The first-order valence-corrected chi connectivity index (χ1v) is 8.20. The maximum atomic E-state index is 13.0. The van der Waals surface area contributed by atoms with Crippen LogP contribution in [-0.2, 0) is 6.18 Å². The molecule has 2 heterocycles. The molecule has 0 saturated heterocycles. The van der Waals surface area contributed by atoms with Gasteiger partial charge in [0.15, 0.2) is 0 Å². The highest BCUT2D eigenvalue weighted by Crippen LogP contribution is 2.35. The van der Waals surface area contributed by atoms with Crippen LogP contribution in [0.3, 0.4) is 0 Å². The second kappa shape index (κ2) is 6.39. The number of hydrogen-bond acceptors (Lipinski definition) is 3. The molecule has 0 aliphatic carbocycles. The lowest BCUT2D eigenvalue weighted by molar-refractivity contribution is -0.137. The highest BCUT2D eigenvalue weighted by molar-refractivity contribution is 5.98. The van der Waals surface area contributed by atoms with E-state index >= 15 is 0 Å². The van der Waals surface area contributed by atoms with Crippen molar-refractivity contribution in [1.82, 2.24) is 9.97 Å². The number of rotatable bonds is 2. The molecule has 0 spiro atoms. The predicted molar refractivity (Wildman–Crippen MR) is 99.8 cm³/mol. The quantitative estimate of drug-likeness (QED) is 0.506. The van der Waals surface area contributed by atoms with Gasteiger partial charge in [0.05, 0.1) is 5.56 Å². The van der Waals surface area contributed by atoms with Crippen LogP contribution in [0, 0.1) is 0 Å². The molecule has 3 nitrogen and oxygen atoms in total. The van der Waals surface area contributed by atoms with Crippen molar-refractivity contribution in [2.75, 3.05) is 5.73 Å². The Kier molecular flexibility index (Phi) is 4.03. The number of benzene rings is 2. The fourth-order valence-corrected chi connectivity index (χ4v) is 3.06. The summed E-state index contributed by atoms with van der Waals surface area (Å²) in [6, 6.07) is 14.6. The zero-order valence-electron chi connectivity index (χ0n) is 14.0. The second-order valence-corrected chi connectivity index (χ2v) is 6.14. The highest BCUT2D eigenvalue weighted by atomic mass is 19.4. The Morgan fingerprint density at radius 3 is 2.41 bits per heavy atom. The molecule has 0 aliphatic heterocycles. The van der Waals surface area contributed by atoms with Gasteiger partial charge in [-0.25, -0.2) is 4.98 Å². The summed E-state index contributed by atoms with van der Waals surface area (Å²) in [7, 11) is 0. The summed E-state index contributed by atoms with van der Waals surface area (Å²) in [5.74, 6) is 0.295. The molecule has 6 heteroatoms. The predicted octanol–water partition coefficient (Wildman–Crippen LogP) is 5.56. The number of halogens is 3. The number of hydrogen-bond donors (Lipinski definition) is 1. The molecule has 0 aliphatic rings. The Hall–Kier alpha value is -3.41. The van der Waals surface area contributed by atoms with Crippen LogP contribution in [0.2, 0.25) is 0 Å². The third kappa shape index (κ3) is 3.21. The molecule has 0 radical (unpaired) electrons. The van der Waals surface area contributed by atoms with Crippen LogP contribution in [-0.4, -0.2) is 9.97 Å². The SMILES string of the molecule is Nc1ncc(-c2cccc(C(F)(F)F)c2)cc1-c1cncc2ccccc12. The fourth-order valence-electron chi connectivity index (χ4n) is 3.06. The normalized spacial score (nSPS) is 11.7. The topological polar surface area (TPSA) is 51.8 Å². The summed E-state index contributed by atoms with van der Waals surface area (Å²) in [5, 5.41) is 1.89. The number of nitrogens with two attached hydrogens (primary N) is 1. The van der Waals surface area contributed by atoms with E-state index in [0.29, 0.717) is 22.5 Å². The molecule has 4 rings (SSSR count). The van der Waals surface area contributed by atoms with Gasteiger partial charge in [-0.05, 0) is 29.1 Å². The monoisotopic (exact) mass is 365 g/mol. The number of fused-ring (bicyclic) bond motifs is 1. The Labute approximate surface area is 153 Å². The average molecular weight is 365 g/mol. The standard InChI is InChI=1S/C21H14F3N3/c22-21(23,24)16-6-3-5-13(8-16)15-9-18(20(25)27-11-15)19-12-26-10-14-4-1-2-7-17(14)19/h1-12H,(H2,25,27). The fraction of sp³-hybridized carbons (Fsp3) is 0.0476. The first-order valence-electron chi connectivity index (χ1n) is 8.20. The molecule has 2 aromatic carbocycles. The molecule has 0 unspecified atom stereocenters. The van der Waals surface area contributed by atoms with Crippen molar-refractivity contribution in [3.8, 4) is 22.3 Å². The van der Waals surface area contributed by atoms with Crippen molar-refractivity contribution < 1.29 is 13.2 Å². The minimum atomic E-state index is -4.40. The molecule has 0 fully saturated rings. The zero-order valence-corrected chi connectivity index (χ0v) is 14.0. The number of nitrogen functional groups attached to an aromatic ring is 1. The van der Waals surface area contributed by atoms with Crippen LogP contribution in [0.1, 0.15) is 5.56 Å². The van der Waals surface area contributed by atoms with E-state index in [4.69, 9.17) is 5.73 Å². The summed E-state index contributed by atoms with van der Waals surface area (Å²) < 4.78 is 39.1. The van der Waals surface area contributed by atoms with E-state index in [2.05, 4.69) is 9.97 Å². The van der Waals surface area contributed by atoms with Crippen LogP contribution in [0.5, 0.6) is 0 Å². The highest BCUT2D eigenvalue weighted by Gasteiger charge is 2.30. The molecule has 0 amide bonds. The smallest absolute Gasteiger partial charge is 0.383 e. The van der Waals surface area contributed by atoms with Crippen molar-refractivity contribution in [2.45, 2.75) is 6.18 Å². The maximum Gasteiger partial charge on any atom is 0.416 e. The molecule has 0 bridgehead atoms. The van der Waals surface area contributed by atoms with E-state index < -0.39 is 11.7 Å². The number of pyridine rings is 2. The van der Waals surface area contributed by atoms with Crippen LogP contribution < -0.4 is 5.73 Å². The zero-order chi connectivity index (χ0) is 19.0. The molecule has 0 saturated carbocycles. The van der Waals surface area contributed by atoms with Crippen molar-refractivity contribution in [2.24, 2.45) is 0 Å². The molecule has 0 atom stereocenters. The number of nitrogens with zero attached hydrogens (tertiary/aromatic N) is 2. The van der Waals surface area contributed by atoms with E-state index in [9.17, 15) is 13.2 Å². The minimum Gasteiger partial charge on any atom is -0.383 e. The largest absolute Gasteiger partial charge is 0.416 e. The summed E-state index contributed by atoms with van der Waals surface area (Å²) in [6.07, 6.45) is 0.511. The van der Waals surface area contributed by atoms with E-state index in [1.54, 1.807) is 24.5 Å². The summed E-state index contributed by atoms with van der Waals surface area (Å²) in [5.41, 5.74) is 7.76. The maximum absolute atomic E-state index is 13.0. The third-order valence-corrected chi connectivity index (χ3v) is 4.40. The van der Waals surface area contributed by atoms with E-state index in [0.717, 1.165) is 28.5 Å². The second-order valence-electron chi connectivity index (χ2n) is 6.14. The summed E-state index contributed by atoms with van der Waals surface area (Å²) in [6.45, 7) is 0. The lowest BCUT2D eigenvalue weighted by atomic mass is 9.97. The van der Waals surface area contributed by atoms with E-state index in [1.807, 2.05) is 24.3 Å². The third-order valence-electron chi connectivity index (χ3n) is 4.40. The van der Waals surface area contributed by atoms with Crippen LogP contribution in [0.4, 0.5) is 19.0 Å². The van der Waals surface area contributed by atoms with Gasteiger partial charge in [-0.15, -0.1) is 0 Å². The van der Waals surface area contributed by atoms with E-state index in [1.165, 1.54) is 12.3 Å². The average Bonchev–Trinajstić information content (AvgIpc) is 2.67. The first kappa shape index (κ1) is 17.0. The van der Waals surface area contributed by atoms with Gasteiger partial charge >= 0.3 is 6.18 Å². The lowest BCUT2D eigenvalue weighted by Gasteiger charge is -2.12. The van der Waals surface area contributed by atoms with Gasteiger partial charge in [0, 0.05) is 40.7 Å². The summed E-state index contributed by atoms with van der Waals surface area (Å²) >= 11 is 0. The van der Waals surface area contributed by atoms with Gasteiger partial charge in [-0.2, -0.15) is 13.2 Å². The molecule has 2 N–H and O–H groups in total. The van der Waals surface area contributed by atoms with Gasteiger partial charge in [0.25, 0.3) is 0 Å². The minimum absolute atomic E-state index is 0.295. The van der Waals surface area contributed by atoms with Gasteiger partial charge in [-0.1, -0.05) is 36.4 Å². The van der Waals surface area contributed by atoms with Gasteiger partial charge < -0.3 is 5.73 Å². The Balaban J connectivity index is 1.88. The number of alkyl halides is 3. The molecular weight excluding hydrogens is 351 g/mol. The van der Waals surface area contributed by atoms with Crippen LogP contribution in [0.15, 0.2) is 73.2 Å². The number of aromatic nitrogens is 2. The van der Waals surface area contributed by atoms with Crippen molar-refractivity contribution in [3.05, 3.63) is 78.8 Å². The summed E-state index contributed by atoms with van der Waals surface area (Å²) in [4.78, 5) is 8.45. The molecular formula is C21H14F3N3. The van der Waals surface area contributed by atoms with Gasteiger partial charge in [0.2, 0.25) is 0 Å². The van der Waals surface area contributed by atoms with Crippen molar-refractivity contribution >= 4 is 16.6 Å². The van der Waals surface area contributed by atoms with Gasteiger partial charge in [-0.3, -0.25) is 4.98 Å². The molecule has 4 aromatic rings. The first-order chi connectivity index (χ1) is 12.9. The number of anilines is 1. The van der Waals surface area contributed by atoms with Crippen LogP contribution >= 0.6 is 0 Å². The van der Waals surface area contributed by atoms with Crippen molar-refractivity contribution in [1.29, 1.82) is 0 Å². The van der Waals surface area contributed by atoms with Gasteiger partial charge in [0.1, 0.15) is 5.82 Å². The molecule has 134 valence electrons. The molecule has 2 aromatic heterocycles. The van der Waals surface area contributed by atoms with E-state index in [-0.39, 0.29) is 0 Å². The molecule has 27 heavy (non-hydrogen) atoms.